The van der Waals surface area contributed by atoms with Crippen molar-refractivity contribution in [3.05, 3.63) is 77.6 Å². The Hall–Kier alpha value is -2.95. The van der Waals surface area contributed by atoms with Gasteiger partial charge in [-0.3, -0.25) is 9.78 Å². The minimum atomic E-state index is -0.177. The van der Waals surface area contributed by atoms with Crippen LogP contribution >= 0.6 is 0 Å². The molecular formula is C18H18N4O. The molecule has 1 N–H and O–H groups in total. The van der Waals surface area contributed by atoms with Crippen molar-refractivity contribution in [2.24, 2.45) is 0 Å². The lowest BCUT2D eigenvalue weighted by molar-refractivity contribution is 0.0945. The molecule has 1 amide bonds. The zero-order valence-electron chi connectivity index (χ0n) is 13.2. The lowest BCUT2D eigenvalue weighted by atomic mass is 10.2. The number of aryl methyl sites for hydroxylation is 1. The van der Waals surface area contributed by atoms with Crippen LogP contribution in [0.3, 0.4) is 0 Å². The molecule has 0 aliphatic rings. The van der Waals surface area contributed by atoms with Gasteiger partial charge in [-0.1, -0.05) is 24.3 Å². The monoisotopic (exact) mass is 306 g/mol. The lowest BCUT2D eigenvalue weighted by Crippen LogP contribution is -2.24. The van der Waals surface area contributed by atoms with Gasteiger partial charge in [0, 0.05) is 24.6 Å². The van der Waals surface area contributed by atoms with Gasteiger partial charge in [-0.2, -0.15) is 0 Å². The second-order valence-corrected chi connectivity index (χ2v) is 5.31. The summed E-state index contributed by atoms with van der Waals surface area (Å²) in [5.74, 6) is 0.615. The number of benzene rings is 1. The minimum Gasteiger partial charge on any atom is -0.347 e. The average Bonchev–Trinajstić information content (AvgIpc) is 2.89. The van der Waals surface area contributed by atoms with Gasteiger partial charge in [-0.25, -0.2) is 4.98 Å². The van der Waals surface area contributed by atoms with E-state index in [-0.39, 0.29) is 5.91 Å². The molecule has 0 bridgehead atoms. The van der Waals surface area contributed by atoms with Crippen LogP contribution in [-0.2, 0) is 6.54 Å². The highest BCUT2D eigenvalue weighted by Crippen LogP contribution is 2.17. The summed E-state index contributed by atoms with van der Waals surface area (Å²) >= 11 is 0. The van der Waals surface area contributed by atoms with Crippen molar-refractivity contribution in [3.8, 4) is 5.69 Å². The summed E-state index contributed by atoms with van der Waals surface area (Å²) in [6.07, 6.45) is 3.45. The SMILES string of the molecule is Cc1nc(C(=O)NCc2cccnc2)c(C)n1-c1ccccc1. The fourth-order valence-electron chi connectivity index (χ4n) is 2.58. The van der Waals surface area contributed by atoms with Crippen molar-refractivity contribution >= 4 is 5.91 Å². The number of para-hydroxylation sites is 1. The molecule has 0 aliphatic heterocycles. The van der Waals surface area contributed by atoms with Crippen molar-refractivity contribution in [3.63, 3.8) is 0 Å². The summed E-state index contributed by atoms with van der Waals surface area (Å²) in [6, 6.07) is 13.7. The molecule has 2 heterocycles. The highest BCUT2D eigenvalue weighted by atomic mass is 16.1. The van der Waals surface area contributed by atoms with Gasteiger partial charge in [0.15, 0.2) is 0 Å². The first-order valence-electron chi connectivity index (χ1n) is 7.45. The number of hydrogen-bond donors (Lipinski definition) is 1. The predicted octanol–water partition coefficient (Wildman–Crippen LogP) is 2.81. The number of nitrogens with one attached hydrogen (secondary N) is 1. The van der Waals surface area contributed by atoms with Gasteiger partial charge in [0.1, 0.15) is 11.5 Å². The van der Waals surface area contributed by atoms with Crippen LogP contribution in [0.4, 0.5) is 0 Å². The topological polar surface area (TPSA) is 59.8 Å². The van der Waals surface area contributed by atoms with Crippen molar-refractivity contribution in [2.45, 2.75) is 20.4 Å². The van der Waals surface area contributed by atoms with Gasteiger partial charge in [-0.15, -0.1) is 0 Å². The molecule has 5 heteroatoms. The summed E-state index contributed by atoms with van der Waals surface area (Å²) in [7, 11) is 0. The molecule has 116 valence electrons. The number of amides is 1. The number of pyridine rings is 1. The standard InChI is InChI=1S/C18H18N4O/c1-13-17(18(23)20-12-15-7-6-10-19-11-15)21-14(2)22(13)16-8-4-3-5-9-16/h3-11H,12H2,1-2H3,(H,20,23). The van der Waals surface area contributed by atoms with E-state index in [9.17, 15) is 4.79 Å². The highest BCUT2D eigenvalue weighted by Gasteiger charge is 2.18. The maximum Gasteiger partial charge on any atom is 0.272 e. The largest absolute Gasteiger partial charge is 0.347 e. The molecule has 5 nitrogen and oxygen atoms in total. The molecule has 0 radical (unpaired) electrons. The van der Waals surface area contributed by atoms with Crippen molar-refractivity contribution in [1.82, 2.24) is 19.9 Å². The quantitative estimate of drug-likeness (QED) is 0.806. The van der Waals surface area contributed by atoms with Gasteiger partial charge in [0.2, 0.25) is 0 Å². The molecule has 0 saturated heterocycles. The van der Waals surface area contributed by atoms with Gasteiger partial charge in [0.25, 0.3) is 5.91 Å². The van der Waals surface area contributed by atoms with Crippen LogP contribution in [0.1, 0.15) is 27.6 Å². The Bertz CT molecular complexity index is 810. The van der Waals surface area contributed by atoms with E-state index >= 15 is 0 Å². The number of rotatable bonds is 4. The first-order valence-corrected chi connectivity index (χ1v) is 7.45. The second-order valence-electron chi connectivity index (χ2n) is 5.31. The van der Waals surface area contributed by atoms with E-state index in [1.807, 2.05) is 60.9 Å². The molecule has 0 fully saturated rings. The molecule has 1 aromatic carbocycles. The number of imidazole rings is 1. The zero-order valence-corrected chi connectivity index (χ0v) is 13.2. The van der Waals surface area contributed by atoms with E-state index in [4.69, 9.17) is 0 Å². The van der Waals surface area contributed by atoms with Crippen molar-refractivity contribution in [2.75, 3.05) is 0 Å². The fraction of sp³-hybridized carbons (Fsp3) is 0.167. The maximum absolute atomic E-state index is 12.4. The van der Waals surface area contributed by atoms with Crippen LogP contribution < -0.4 is 5.32 Å². The normalized spacial score (nSPS) is 10.5. The first kappa shape index (κ1) is 15.0. The number of aromatic nitrogens is 3. The van der Waals surface area contributed by atoms with E-state index in [1.54, 1.807) is 12.4 Å². The summed E-state index contributed by atoms with van der Waals surface area (Å²) in [4.78, 5) is 20.9. The highest BCUT2D eigenvalue weighted by molar-refractivity contribution is 5.93. The van der Waals surface area contributed by atoms with Crippen LogP contribution in [0.15, 0.2) is 54.9 Å². The van der Waals surface area contributed by atoms with Crippen LogP contribution in [0, 0.1) is 13.8 Å². The van der Waals surface area contributed by atoms with Crippen LogP contribution in [0.5, 0.6) is 0 Å². The van der Waals surface area contributed by atoms with E-state index in [1.165, 1.54) is 0 Å². The number of carbonyl (C=O) groups excluding carboxylic acids is 1. The molecule has 2 aromatic heterocycles. The Labute approximate surface area is 135 Å². The molecule has 0 spiro atoms. The molecule has 23 heavy (non-hydrogen) atoms. The van der Waals surface area contributed by atoms with E-state index in [2.05, 4.69) is 15.3 Å². The van der Waals surface area contributed by atoms with Gasteiger partial charge >= 0.3 is 0 Å². The average molecular weight is 306 g/mol. The molecule has 0 atom stereocenters. The van der Waals surface area contributed by atoms with Crippen LogP contribution in [0.25, 0.3) is 5.69 Å². The maximum atomic E-state index is 12.4. The number of nitrogens with zero attached hydrogens (tertiary/aromatic N) is 3. The fourth-order valence-corrected chi connectivity index (χ4v) is 2.58. The van der Waals surface area contributed by atoms with Gasteiger partial charge in [-0.05, 0) is 37.6 Å². The van der Waals surface area contributed by atoms with E-state index in [0.717, 1.165) is 22.8 Å². The molecule has 0 aliphatic carbocycles. The lowest BCUT2D eigenvalue weighted by Gasteiger charge is -2.08. The summed E-state index contributed by atoms with van der Waals surface area (Å²) < 4.78 is 1.99. The zero-order chi connectivity index (χ0) is 16.2. The Balaban J connectivity index is 1.82. The molecule has 3 aromatic rings. The van der Waals surface area contributed by atoms with E-state index < -0.39 is 0 Å². The molecular weight excluding hydrogens is 288 g/mol. The third-order valence-electron chi connectivity index (χ3n) is 3.68. The molecule has 3 rings (SSSR count). The van der Waals surface area contributed by atoms with Gasteiger partial charge < -0.3 is 9.88 Å². The smallest absolute Gasteiger partial charge is 0.272 e. The third-order valence-corrected chi connectivity index (χ3v) is 3.68. The van der Waals surface area contributed by atoms with Crippen LogP contribution in [-0.4, -0.2) is 20.4 Å². The van der Waals surface area contributed by atoms with Gasteiger partial charge in [0.05, 0.1) is 5.69 Å². The number of hydrogen-bond acceptors (Lipinski definition) is 3. The Morgan fingerprint density at radius 2 is 1.91 bits per heavy atom. The molecule has 0 unspecified atom stereocenters. The number of carbonyl (C=O) groups is 1. The second kappa shape index (κ2) is 6.44. The Kier molecular flexibility index (Phi) is 4.19. The summed E-state index contributed by atoms with van der Waals surface area (Å²) in [5, 5.41) is 2.89. The minimum absolute atomic E-state index is 0.177. The first-order chi connectivity index (χ1) is 11.2. The van der Waals surface area contributed by atoms with Crippen LogP contribution in [0.2, 0.25) is 0 Å². The summed E-state index contributed by atoms with van der Waals surface area (Å²) in [5.41, 5.74) is 3.24. The Morgan fingerprint density at radius 1 is 1.13 bits per heavy atom. The van der Waals surface area contributed by atoms with Crippen molar-refractivity contribution < 1.29 is 4.79 Å². The third kappa shape index (κ3) is 3.13. The predicted molar refractivity (Wildman–Crippen MR) is 88.4 cm³/mol. The molecule has 0 saturated carbocycles. The summed E-state index contributed by atoms with van der Waals surface area (Å²) in [6.45, 7) is 4.24. The van der Waals surface area contributed by atoms with Crippen molar-refractivity contribution in [1.29, 1.82) is 0 Å². The Morgan fingerprint density at radius 3 is 2.61 bits per heavy atom. The van der Waals surface area contributed by atoms with E-state index in [0.29, 0.717) is 12.2 Å².